The summed E-state index contributed by atoms with van der Waals surface area (Å²) in [7, 11) is 0. The zero-order valence-corrected chi connectivity index (χ0v) is 13.7. The Morgan fingerprint density at radius 3 is 3.10 bits per heavy atom. The zero-order valence-electron chi connectivity index (χ0n) is 12.9. The van der Waals surface area contributed by atoms with Crippen molar-refractivity contribution in [2.45, 2.75) is 45.3 Å². The van der Waals surface area contributed by atoms with Crippen LogP contribution in [-0.4, -0.2) is 31.3 Å². The van der Waals surface area contributed by atoms with Crippen LogP contribution in [0.3, 0.4) is 0 Å². The fraction of sp³-hybridized carbons (Fsp3) is 0.688. The molecule has 2 heterocycles. The van der Waals surface area contributed by atoms with E-state index in [9.17, 15) is 4.79 Å². The number of ether oxygens (including phenoxy) is 1. The number of hydrogen-bond donors (Lipinski definition) is 2. The lowest BCUT2D eigenvalue weighted by Crippen LogP contribution is -2.67. The van der Waals surface area contributed by atoms with Gasteiger partial charge in [-0.1, -0.05) is 26.8 Å². The van der Waals surface area contributed by atoms with Crippen LogP contribution in [0.4, 0.5) is 4.79 Å². The maximum Gasteiger partial charge on any atom is 0.315 e. The number of thiophene rings is 1. The molecule has 4 nitrogen and oxygen atoms in total. The van der Waals surface area contributed by atoms with Gasteiger partial charge in [0.1, 0.15) is 0 Å². The first-order valence-corrected chi connectivity index (χ1v) is 8.57. The van der Waals surface area contributed by atoms with Crippen molar-refractivity contribution in [3.05, 3.63) is 22.4 Å². The first kappa shape index (κ1) is 14.9. The third kappa shape index (κ3) is 2.69. The summed E-state index contributed by atoms with van der Waals surface area (Å²) in [6.07, 6.45) is 1.37. The summed E-state index contributed by atoms with van der Waals surface area (Å²) in [5, 5.41) is 8.23. The second kappa shape index (κ2) is 5.61. The molecule has 0 aromatic carbocycles. The minimum Gasteiger partial charge on any atom is -0.377 e. The molecule has 1 aliphatic carbocycles. The molecular weight excluding hydrogens is 284 g/mol. The second-order valence-electron chi connectivity index (χ2n) is 6.81. The van der Waals surface area contributed by atoms with Crippen LogP contribution in [0, 0.1) is 11.3 Å². The van der Waals surface area contributed by atoms with E-state index in [1.807, 2.05) is 6.07 Å². The smallest absolute Gasteiger partial charge is 0.315 e. The zero-order chi connectivity index (χ0) is 15.0. The fourth-order valence-corrected chi connectivity index (χ4v) is 4.51. The topological polar surface area (TPSA) is 50.4 Å². The molecule has 5 heteroatoms. The maximum atomic E-state index is 12.1. The van der Waals surface area contributed by atoms with Gasteiger partial charge in [0.2, 0.25) is 0 Å². The molecule has 1 aromatic heterocycles. The van der Waals surface area contributed by atoms with E-state index >= 15 is 0 Å². The molecule has 4 atom stereocenters. The van der Waals surface area contributed by atoms with Crippen molar-refractivity contribution in [3.8, 4) is 0 Å². The third-order valence-corrected chi connectivity index (χ3v) is 6.09. The Hall–Kier alpha value is -1.07. The van der Waals surface area contributed by atoms with Crippen molar-refractivity contribution in [2.75, 3.05) is 13.2 Å². The summed E-state index contributed by atoms with van der Waals surface area (Å²) < 4.78 is 5.76. The lowest BCUT2D eigenvalue weighted by molar-refractivity contribution is -0.108. The van der Waals surface area contributed by atoms with Crippen LogP contribution in [0.5, 0.6) is 0 Å². The summed E-state index contributed by atoms with van der Waals surface area (Å²) in [4.78, 5) is 13.4. The highest BCUT2D eigenvalue weighted by atomic mass is 32.1. The van der Waals surface area contributed by atoms with E-state index in [-0.39, 0.29) is 17.5 Å². The van der Waals surface area contributed by atoms with Crippen molar-refractivity contribution < 1.29 is 9.53 Å². The standard InChI is InChI=1S/C16H24N2O2S/c1-10(12-5-4-8-21-12)9-17-15(19)18-13-11-6-7-20-14(11)16(13,2)3/h4-5,8,10-11,13-14H,6-7,9H2,1-3H3,(H2,17,18,19)/t10-,11+,13-,14-/m1/s1. The largest absolute Gasteiger partial charge is 0.377 e. The Labute approximate surface area is 130 Å². The number of amides is 2. The third-order valence-electron chi connectivity index (χ3n) is 4.98. The highest BCUT2D eigenvalue weighted by Gasteiger charge is 2.59. The van der Waals surface area contributed by atoms with E-state index < -0.39 is 0 Å². The van der Waals surface area contributed by atoms with Gasteiger partial charge in [-0.2, -0.15) is 0 Å². The number of nitrogens with one attached hydrogen (secondary N) is 2. The van der Waals surface area contributed by atoms with Crippen molar-refractivity contribution in [1.82, 2.24) is 10.6 Å². The Balaban J connectivity index is 1.48. The van der Waals surface area contributed by atoms with Gasteiger partial charge < -0.3 is 15.4 Å². The van der Waals surface area contributed by atoms with E-state index in [1.54, 1.807) is 11.3 Å². The molecule has 0 spiro atoms. The minimum atomic E-state index is -0.0539. The number of rotatable bonds is 4. The molecule has 2 amide bonds. The summed E-state index contributed by atoms with van der Waals surface area (Å²) in [6, 6.07) is 4.34. The van der Waals surface area contributed by atoms with Gasteiger partial charge in [0.25, 0.3) is 0 Å². The lowest BCUT2D eigenvalue weighted by atomic mass is 9.57. The van der Waals surface area contributed by atoms with Crippen molar-refractivity contribution >= 4 is 17.4 Å². The number of carbonyl (C=O) groups is 1. The first-order chi connectivity index (χ1) is 10.00. The molecule has 21 heavy (non-hydrogen) atoms. The van der Waals surface area contributed by atoms with Gasteiger partial charge in [-0.25, -0.2) is 4.79 Å². The molecule has 1 saturated heterocycles. The van der Waals surface area contributed by atoms with Crippen LogP contribution in [0.1, 0.15) is 38.0 Å². The number of fused-ring (bicyclic) bond motifs is 1. The van der Waals surface area contributed by atoms with Crippen molar-refractivity contribution in [1.29, 1.82) is 0 Å². The second-order valence-corrected chi connectivity index (χ2v) is 7.79. The predicted octanol–water partition coefficient (Wildman–Crippen LogP) is 2.96. The van der Waals surface area contributed by atoms with Gasteiger partial charge >= 0.3 is 6.03 Å². The van der Waals surface area contributed by atoms with Gasteiger partial charge in [-0.3, -0.25) is 0 Å². The van der Waals surface area contributed by atoms with Crippen LogP contribution in [-0.2, 0) is 4.74 Å². The normalized spacial score (nSPS) is 31.1. The molecule has 2 aliphatic rings. The molecule has 1 aromatic rings. The van der Waals surface area contributed by atoms with Gasteiger partial charge in [0.15, 0.2) is 0 Å². The highest BCUT2D eigenvalue weighted by molar-refractivity contribution is 7.10. The Morgan fingerprint density at radius 1 is 1.57 bits per heavy atom. The van der Waals surface area contributed by atoms with E-state index in [0.717, 1.165) is 13.0 Å². The SMILES string of the molecule is C[C@H](CNC(=O)N[C@@H]1[C@@H]2CCO[C@H]2C1(C)C)c1cccs1. The number of carbonyl (C=O) groups excluding carboxylic acids is 1. The van der Waals surface area contributed by atoms with Crippen LogP contribution in [0.25, 0.3) is 0 Å². The van der Waals surface area contributed by atoms with Gasteiger partial charge in [0.05, 0.1) is 6.10 Å². The number of hydrogen-bond acceptors (Lipinski definition) is 3. The maximum absolute atomic E-state index is 12.1. The van der Waals surface area contributed by atoms with Gasteiger partial charge in [-0.05, 0) is 17.9 Å². The molecule has 0 unspecified atom stereocenters. The highest BCUT2D eigenvalue weighted by Crippen LogP contribution is 2.52. The average molecular weight is 308 g/mol. The molecule has 3 rings (SSSR count). The fourth-order valence-electron chi connectivity index (χ4n) is 3.73. The molecule has 1 saturated carbocycles. The van der Waals surface area contributed by atoms with Crippen LogP contribution >= 0.6 is 11.3 Å². The van der Waals surface area contributed by atoms with E-state index in [1.165, 1.54) is 4.88 Å². The van der Waals surface area contributed by atoms with Gasteiger partial charge in [-0.15, -0.1) is 11.3 Å². The first-order valence-electron chi connectivity index (χ1n) is 7.69. The van der Waals surface area contributed by atoms with Crippen molar-refractivity contribution in [3.63, 3.8) is 0 Å². The monoisotopic (exact) mass is 308 g/mol. The molecule has 116 valence electrons. The average Bonchev–Trinajstić information content (AvgIpc) is 3.11. The van der Waals surface area contributed by atoms with Crippen molar-refractivity contribution in [2.24, 2.45) is 11.3 Å². The van der Waals surface area contributed by atoms with Crippen LogP contribution in [0.15, 0.2) is 17.5 Å². The quantitative estimate of drug-likeness (QED) is 0.898. The predicted molar refractivity (Wildman–Crippen MR) is 84.7 cm³/mol. The summed E-state index contributed by atoms with van der Waals surface area (Å²) in [5.41, 5.74) is 0.0396. The Bertz CT molecular complexity index is 500. The minimum absolute atomic E-state index is 0.0396. The molecule has 0 radical (unpaired) electrons. The summed E-state index contributed by atoms with van der Waals surface area (Å²) in [6.45, 7) is 8.00. The Morgan fingerprint density at radius 2 is 2.38 bits per heavy atom. The number of urea groups is 1. The molecule has 2 N–H and O–H groups in total. The molecule has 0 bridgehead atoms. The molecule has 1 aliphatic heterocycles. The summed E-state index contributed by atoms with van der Waals surface area (Å²) >= 11 is 1.74. The molecular formula is C16H24N2O2S. The van der Waals surface area contributed by atoms with E-state index in [4.69, 9.17) is 4.74 Å². The Kier molecular flexibility index (Phi) is 3.97. The van der Waals surface area contributed by atoms with E-state index in [0.29, 0.717) is 24.5 Å². The van der Waals surface area contributed by atoms with E-state index in [2.05, 4.69) is 42.9 Å². The van der Waals surface area contributed by atoms with Crippen LogP contribution in [0.2, 0.25) is 0 Å². The molecule has 2 fully saturated rings. The lowest BCUT2D eigenvalue weighted by Gasteiger charge is -2.54. The van der Waals surface area contributed by atoms with Crippen LogP contribution < -0.4 is 10.6 Å². The summed E-state index contributed by atoms with van der Waals surface area (Å²) in [5.74, 6) is 0.841. The van der Waals surface area contributed by atoms with Gasteiger partial charge in [0, 0.05) is 41.3 Å².